The second kappa shape index (κ2) is 9.31. The zero-order valence-electron chi connectivity index (χ0n) is 19.9. The number of anilines is 2. The van der Waals surface area contributed by atoms with E-state index in [-0.39, 0.29) is 49.0 Å². The maximum absolute atomic E-state index is 13.2. The lowest BCUT2D eigenvalue weighted by atomic mass is 9.85. The SMILES string of the molecule is C[C@]1(c2nc(CCC(=O)O)cs2)C(=O)Nc2nc(-c3nn(CCCC(F)(F)F)c4ncccc34)nc(N)c21. The van der Waals surface area contributed by atoms with Crippen LogP contribution in [0.4, 0.5) is 24.8 Å². The van der Waals surface area contributed by atoms with Gasteiger partial charge >= 0.3 is 12.1 Å². The van der Waals surface area contributed by atoms with Crippen molar-refractivity contribution in [2.75, 3.05) is 11.1 Å². The summed E-state index contributed by atoms with van der Waals surface area (Å²) in [6.07, 6.45) is -3.79. The number of nitrogen functional groups attached to an aromatic ring is 1. The Morgan fingerprint density at radius 3 is 2.82 bits per heavy atom. The van der Waals surface area contributed by atoms with Gasteiger partial charge in [-0.05, 0) is 25.5 Å². The smallest absolute Gasteiger partial charge is 0.389 e. The first-order valence-electron chi connectivity index (χ1n) is 11.5. The van der Waals surface area contributed by atoms with Crippen molar-refractivity contribution in [3.8, 4) is 11.5 Å². The molecule has 5 heterocycles. The monoisotopic (exact) mass is 546 g/mol. The molecule has 0 spiro atoms. The van der Waals surface area contributed by atoms with E-state index in [9.17, 15) is 22.8 Å². The number of rotatable bonds is 8. The molecule has 0 aliphatic carbocycles. The molecule has 5 rings (SSSR count). The molecule has 0 saturated carbocycles. The number of carboxylic acids is 1. The first-order chi connectivity index (χ1) is 18.0. The Balaban J connectivity index is 1.52. The molecule has 4 N–H and O–H groups in total. The number of carbonyl (C=O) groups is 2. The average molecular weight is 547 g/mol. The van der Waals surface area contributed by atoms with Crippen LogP contribution in [-0.4, -0.2) is 52.9 Å². The Kier molecular flexibility index (Phi) is 6.25. The highest BCUT2D eigenvalue weighted by Crippen LogP contribution is 2.46. The number of aliphatic carboxylic acids is 1. The van der Waals surface area contributed by atoms with Gasteiger partial charge in [0, 0.05) is 31.0 Å². The highest BCUT2D eigenvalue weighted by atomic mass is 32.1. The lowest BCUT2D eigenvalue weighted by Gasteiger charge is -2.20. The van der Waals surface area contributed by atoms with E-state index in [1.165, 1.54) is 22.2 Å². The number of hydrogen-bond donors (Lipinski definition) is 3. The van der Waals surface area contributed by atoms with Gasteiger partial charge in [0.25, 0.3) is 0 Å². The first-order valence-corrected chi connectivity index (χ1v) is 12.4. The zero-order chi connectivity index (χ0) is 27.2. The van der Waals surface area contributed by atoms with Crippen LogP contribution in [0.15, 0.2) is 23.7 Å². The van der Waals surface area contributed by atoms with E-state index >= 15 is 0 Å². The molecule has 38 heavy (non-hydrogen) atoms. The minimum atomic E-state index is -4.28. The van der Waals surface area contributed by atoms with Crippen LogP contribution in [0.1, 0.15) is 42.5 Å². The number of nitrogens with two attached hydrogens (primary N) is 1. The lowest BCUT2D eigenvalue weighted by molar-refractivity contribution is -0.137. The summed E-state index contributed by atoms with van der Waals surface area (Å²) in [5, 5.41) is 18.7. The Bertz CT molecular complexity index is 1570. The highest BCUT2D eigenvalue weighted by Gasteiger charge is 2.49. The Labute approximate surface area is 217 Å². The molecular formula is C23H21F3N8O3S. The number of aromatic nitrogens is 6. The molecule has 1 atom stereocenters. The summed E-state index contributed by atoms with van der Waals surface area (Å²) < 4.78 is 39.4. The number of fused-ring (bicyclic) bond motifs is 2. The summed E-state index contributed by atoms with van der Waals surface area (Å²) in [5.74, 6) is -1.11. The van der Waals surface area contributed by atoms with Crippen LogP contribution in [-0.2, 0) is 28.0 Å². The molecular weight excluding hydrogens is 525 g/mol. The van der Waals surface area contributed by atoms with Crippen molar-refractivity contribution in [2.24, 2.45) is 0 Å². The number of hydrogen-bond acceptors (Lipinski definition) is 9. The Hall–Kier alpha value is -4.14. The van der Waals surface area contributed by atoms with Crippen molar-refractivity contribution in [1.29, 1.82) is 0 Å². The standard InChI is InChI=1S/C23H21F3N8O3S/c1-22(21-29-11(10-38-21)5-6-13(35)36)14-16(27)30-18(31-17(14)32-20(22)37)15-12-4-2-8-28-19(12)34(33-15)9-3-7-23(24,25)26/h2,4,8,10H,3,5-7,9H2,1H3,(H,35,36)(H3,27,30,31,32,37)/t22-/m1/s1. The summed E-state index contributed by atoms with van der Waals surface area (Å²) >= 11 is 1.21. The number of aryl methyl sites for hydroxylation is 2. The number of carboxylic acid groups (broad SMARTS) is 1. The molecule has 1 amide bonds. The van der Waals surface area contributed by atoms with Crippen LogP contribution >= 0.6 is 11.3 Å². The molecule has 0 unspecified atom stereocenters. The normalized spacial score (nSPS) is 17.1. The second-order valence-corrected chi connectivity index (χ2v) is 9.80. The number of nitrogens with one attached hydrogen (secondary N) is 1. The maximum atomic E-state index is 13.2. The zero-order valence-corrected chi connectivity index (χ0v) is 20.7. The van der Waals surface area contributed by atoms with E-state index in [1.807, 2.05) is 0 Å². The summed E-state index contributed by atoms with van der Waals surface area (Å²) in [5.41, 5.74) is 6.56. The number of pyridine rings is 1. The van der Waals surface area contributed by atoms with Crippen LogP contribution in [0, 0.1) is 0 Å². The minimum Gasteiger partial charge on any atom is -0.481 e. The van der Waals surface area contributed by atoms with Gasteiger partial charge < -0.3 is 16.2 Å². The molecule has 4 aromatic rings. The van der Waals surface area contributed by atoms with Gasteiger partial charge in [0.1, 0.15) is 27.8 Å². The van der Waals surface area contributed by atoms with Gasteiger partial charge in [-0.25, -0.2) is 24.6 Å². The molecule has 1 aliphatic heterocycles. The largest absolute Gasteiger partial charge is 0.481 e. The lowest BCUT2D eigenvalue weighted by Crippen LogP contribution is -2.33. The van der Waals surface area contributed by atoms with E-state index in [0.717, 1.165) is 0 Å². The summed E-state index contributed by atoms with van der Waals surface area (Å²) in [6.45, 7) is 1.62. The number of thiazole rings is 1. The third kappa shape index (κ3) is 4.53. The van der Waals surface area contributed by atoms with E-state index in [1.54, 1.807) is 24.4 Å². The summed E-state index contributed by atoms with van der Waals surface area (Å²) in [4.78, 5) is 41.7. The molecule has 1 aliphatic rings. The predicted octanol–water partition coefficient (Wildman–Crippen LogP) is 3.54. The van der Waals surface area contributed by atoms with Gasteiger partial charge in [-0.2, -0.15) is 18.3 Å². The van der Waals surface area contributed by atoms with Crippen molar-refractivity contribution >= 4 is 45.9 Å². The third-order valence-corrected chi connectivity index (χ3v) is 7.36. The van der Waals surface area contributed by atoms with Crippen LogP contribution in [0.2, 0.25) is 0 Å². The topological polar surface area (TPSA) is 162 Å². The molecule has 0 radical (unpaired) electrons. The second-order valence-electron chi connectivity index (χ2n) is 8.94. The first kappa shape index (κ1) is 25.5. The predicted molar refractivity (Wildman–Crippen MR) is 131 cm³/mol. The number of amides is 1. The summed E-state index contributed by atoms with van der Waals surface area (Å²) in [7, 11) is 0. The van der Waals surface area contributed by atoms with Crippen molar-refractivity contribution < 1.29 is 27.9 Å². The number of carbonyl (C=O) groups excluding carboxylic acids is 1. The fraction of sp³-hybridized carbons (Fsp3) is 0.348. The van der Waals surface area contributed by atoms with Gasteiger partial charge in [-0.1, -0.05) is 0 Å². The van der Waals surface area contributed by atoms with Crippen LogP contribution in [0.25, 0.3) is 22.6 Å². The van der Waals surface area contributed by atoms with Crippen LogP contribution < -0.4 is 11.1 Å². The number of alkyl halides is 3. The molecule has 0 bridgehead atoms. The van der Waals surface area contributed by atoms with Gasteiger partial charge in [0.05, 0.1) is 23.1 Å². The number of halogens is 3. The third-order valence-electron chi connectivity index (χ3n) is 6.25. The highest BCUT2D eigenvalue weighted by molar-refractivity contribution is 7.10. The van der Waals surface area contributed by atoms with Gasteiger partial charge in [0.2, 0.25) is 5.91 Å². The minimum absolute atomic E-state index is 0.0109. The van der Waals surface area contributed by atoms with Crippen molar-refractivity contribution in [2.45, 2.75) is 50.7 Å². The van der Waals surface area contributed by atoms with Crippen molar-refractivity contribution in [3.05, 3.63) is 40.0 Å². The van der Waals surface area contributed by atoms with Crippen molar-refractivity contribution in [1.82, 2.24) is 29.7 Å². The molecule has 11 nitrogen and oxygen atoms in total. The van der Waals surface area contributed by atoms with E-state index in [4.69, 9.17) is 10.8 Å². The average Bonchev–Trinajstić information content (AvgIpc) is 3.53. The van der Waals surface area contributed by atoms with Gasteiger partial charge in [0.15, 0.2) is 11.5 Å². The van der Waals surface area contributed by atoms with Gasteiger partial charge in [-0.3, -0.25) is 9.59 Å². The molecule has 0 saturated heterocycles. The van der Waals surface area contributed by atoms with Crippen LogP contribution in [0.3, 0.4) is 0 Å². The fourth-order valence-electron chi connectivity index (χ4n) is 4.36. The van der Waals surface area contributed by atoms with Crippen LogP contribution in [0.5, 0.6) is 0 Å². The number of nitrogens with zero attached hydrogens (tertiary/aromatic N) is 6. The summed E-state index contributed by atoms with van der Waals surface area (Å²) in [6, 6.07) is 3.36. The van der Waals surface area contributed by atoms with E-state index in [0.29, 0.717) is 27.3 Å². The molecule has 0 fully saturated rings. The molecule has 15 heteroatoms. The fourth-order valence-corrected chi connectivity index (χ4v) is 5.38. The molecule has 0 aromatic carbocycles. The van der Waals surface area contributed by atoms with E-state index < -0.39 is 29.9 Å². The quantitative estimate of drug-likeness (QED) is 0.300. The van der Waals surface area contributed by atoms with E-state index in [2.05, 4.69) is 30.4 Å². The maximum Gasteiger partial charge on any atom is 0.389 e. The van der Waals surface area contributed by atoms with Gasteiger partial charge in [-0.15, -0.1) is 11.3 Å². The molecule has 198 valence electrons. The molecule has 4 aromatic heterocycles. The van der Waals surface area contributed by atoms with Crippen molar-refractivity contribution in [3.63, 3.8) is 0 Å². The Morgan fingerprint density at radius 1 is 1.29 bits per heavy atom. The Morgan fingerprint density at radius 2 is 2.08 bits per heavy atom.